The van der Waals surface area contributed by atoms with Gasteiger partial charge in [0.15, 0.2) is 0 Å². The first-order chi connectivity index (χ1) is 14.1. The van der Waals surface area contributed by atoms with E-state index >= 15 is 0 Å². The third kappa shape index (κ3) is 3.90. The van der Waals surface area contributed by atoms with E-state index in [1.807, 2.05) is 38.2 Å². The summed E-state index contributed by atoms with van der Waals surface area (Å²) in [5.74, 6) is 0.613. The Balaban J connectivity index is 1.66. The lowest BCUT2D eigenvalue weighted by atomic mass is 10.0. The second-order valence-electron chi connectivity index (χ2n) is 7.39. The quantitative estimate of drug-likeness (QED) is 0.585. The molecule has 0 aliphatic heterocycles. The fraction of sp³-hybridized carbons (Fsp3) is 0.304. The van der Waals surface area contributed by atoms with E-state index in [9.17, 15) is 5.26 Å². The van der Waals surface area contributed by atoms with Crippen LogP contribution in [0, 0.1) is 11.3 Å². The van der Waals surface area contributed by atoms with Crippen molar-refractivity contribution in [1.82, 2.24) is 10.3 Å². The summed E-state index contributed by atoms with van der Waals surface area (Å²) < 4.78 is 5.73. The van der Waals surface area contributed by atoms with Gasteiger partial charge >= 0.3 is 0 Å². The predicted molar refractivity (Wildman–Crippen MR) is 117 cm³/mol. The molecular weight excluding hydrogens is 380 g/mol. The summed E-state index contributed by atoms with van der Waals surface area (Å²) in [6, 6.07) is 14.7. The lowest BCUT2D eigenvalue weighted by Crippen LogP contribution is -2.25. The molecule has 5 nitrogen and oxygen atoms in total. The van der Waals surface area contributed by atoms with Crippen LogP contribution in [0.25, 0.3) is 21.0 Å². The van der Waals surface area contributed by atoms with Crippen LogP contribution in [0.1, 0.15) is 43.0 Å². The zero-order valence-corrected chi connectivity index (χ0v) is 17.4. The molecule has 0 spiro atoms. The zero-order chi connectivity index (χ0) is 20.4. The third-order valence-electron chi connectivity index (χ3n) is 5.12. The first kappa shape index (κ1) is 19.6. The smallest absolute Gasteiger partial charge is 0.137 e. The van der Waals surface area contributed by atoms with Crippen molar-refractivity contribution in [2.45, 2.75) is 38.8 Å². The molecular formula is C23H24N4OS. The average molecular weight is 405 g/mol. The van der Waals surface area contributed by atoms with Crippen molar-refractivity contribution in [2.75, 3.05) is 6.67 Å². The zero-order valence-electron chi connectivity index (χ0n) is 16.6. The maximum Gasteiger partial charge on any atom is 0.137 e. The number of ether oxygens (including phenoxy) is 1. The van der Waals surface area contributed by atoms with E-state index in [0.717, 1.165) is 28.3 Å². The molecule has 1 atom stereocenters. The standard InChI is InChI=1S/C23H24N4OS/c1-14(2)28-21-9-6-15(10-16(21)11-24)23-26-12-22(29-23)19-5-3-4-18-17(19)7-8-20(18)27-13-25/h3-6,9-10,12,14,20,27H,7-8,13,25H2,1-2H3/t20-/m0/s1. The molecule has 1 aliphatic carbocycles. The number of rotatable bonds is 6. The van der Waals surface area contributed by atoms with Gasteiger partial charge in [-0.15, -0.1) is 11.3 Å². The van der Waals surface area contributed by atoms with Gasteiger partial charge in [0, 0.05) is 24.5 Å². The van der Waals surface area contributed by atoms with Gasteiger partial charge in [-0.1, -0.05) is 18.2 Å². The summed E-state index contributed by atoms with van der Waals surface area (Å²) >= 11 is 1.65. The lowest BCUT2D eigenvalue weighted by molar-refractivity contribution is 0.242. The van der Waals surface area contributed by atoms with Gasteiger partial charge in [0.05, 0.1) is 16.5 Å². The Morgan fingerprint density at radius 1 is 1.34 bits per heavy atom. The van der Waals surface area contributed by atoms with Gasteiger partial charge in [-0.05, 0) is 61.6 Å². The molecule has 1 heterocycles. The number of nitriles is 1. The largest absolute Gasteiger partial charge is 0.490 e. The van der Waals surface area contributed by atoms with Crippen LogP contribution >= 0.6 is 11.3 Å². The molecule has 0 bridgehead atoms. The molecule has 0 fully saturated rings. The molecule has 0 saturated carbocycles. The number of hydrogen-bond acceptors (Lipinski definition) is 6. The lowest BCUT2D eigenvalue weighted by Gasteiger charge is -2.13. The van der Waals surface area contributed by atoms with Crippen LogP contribution in [-0.2, 0) is 6.42 Å². The van der Waals surface area contributed by atoms with Gasteiger partial charge in [0.1, 0.15) is 16.8 Å². The van der Waals surface area contributed by atoms with Gasteiger partial charge in [-0.25, -0.2) is 4.98 Å². The molecule has 1 aromatic heterocycles. The van der Waals surface area contributed by atoms with E-state index in [2.05, 4.69) is 34.6 Å². The average Bonchev–Trinajstić information content (AvgIpc) is 3.36. The summed E-state index contributed by atoms with van der Waals surface area (Å²) in [7, 11) is 0. The maximum absolute atomic E-state index is 9.50. The number of benzene rings is 2. The van der Waals surface area contributed by atoms with E-state index in [-0.39, 0.29) is 6.10 Å². The van der Waals surface area contributed by atoms with Crippen molar-refractivity contribution in [3.05, 3.63) is 59.3 Å². The minimum Gasteiger partial charge on any atom is -0.490 e. The number of hydrogen-bond donors (Lipinski definition) is 2. The summed E-state index contributed by atoms with van der Waals surface area (Å²) in [6.45, 7) is 4.39. The Kier molecular flexibility index (Phi) is 5.63. The number of aromatic nitrogens is 1. The molecule has 0 saturated heterocycles. The summed E-state index contributed by atoms with van der Waals surface area (Å²) in [5.41, 5.74) is 11.1. The molecule has 2 aromatic carbocycles. The predicted octanol–water partition coefficient (Wildman–Crippen LogP) is 4.63. The number of nitrogens with one attached hydrogen (secondary N) is 1. The molecule has 29 heavy (non-hydrogen) atoms. The van der Waals surface area contributed by atoms with Gasteiger partial charge in [0.25, 0.3) is 0 Å². The Morgan fingerprint density at radius 3 is 2.97 bits per heavy atom. The van der Waals surface area contributed by atoms with E-state index < -0.39 is 0 Å². The third-order valence-corrected chi connectivity index (χ3v) is 6.20. The highest BCUT2D eigenvalue weighted by Gasteiger charge is 2.25. The minimum absolute atomic E-state index is 0.0252. The Morgan fingerprint density at radius 2 is 2.21 bits per heavy atom. The maximum atomic E-state index is 9.50. The van der Waals surface area contributed by atoms with E-state index in [1.54, 1.807) is 11.3 Å². The van der Waals surface area contributed by atoms with Crippen molar-refractivity contribution in [2.24, 2.45) is 5.73 Å². The van der Waals surface area contributed by atoms with Crippen LogP contribution in [-0.4, -0.2) is 17.8 Å². The highest BCUT2D eigenvalue weighted by molar-refractivity contribution is 7.18. The van der Waals surface area contributed by atoms with E-state index in [0.29, 0.717) is 24.0 Å². The minimum atomic E-state index is 0.0252. The summed E-state index contributed by atoms with van der Waals surface area (Å²) in [4.78, 5) is 5.79. The summed E-state index contributed by atoms with van der Waals surface area (Å²) in [5, 5.41) is 13.8. The van der Waals surface area contributed by atoms with Gasteiger partial charge in [0.2, 0.25) is 0 Å². The van der Waals surface area contributed by atoms with Crippen LogP contribution < -0.4 is 15.8 Å². The first-order valence-corrected chi connectivity index (χ1v) is 10.6. The van der Waals surface area contributed by atoms with Crippen molar-refractivity contribution in [3.8, 4) is 32.8 Å². The molecule has 0 unspecified atom stereocenters. The van der Waals surface area contributed by atoms with Crippen LogP contribution in [0.15, 0.2) is 42.6 Å². The van der Waals surface area contributed by atoms with Crippen molar-refractivity contribution in [3.63, 3.8) is 0 Å². The fourth-order valence-electron chi connectivity index (χ4n) is 3.88. The Bertz CT molecular complexity index is 1070. The van der Waals surface area contributed by atoms with Gasteiger partial charge in [-0.3, -0.25) is 5.32 Å². The number of nitrogens with two attached hydrogens (primary N) is 1. The second kappa shape index (κ2) is 8.34. The molecule has 3 N–H and O–H groups in total. The SMILES string of the molecule is CC(C)Oc1ccc(-c2ncc(-c3cccc4c3CC[C@@H]4NCN)s2)cc1C#N. The molecule has 148 valence electrons. The van der Waals surface area contributed by atoms with Gasteiger partial charge < -0.3 is 10.5 Å². The Labute approximate surface area is 175 Å². The van der Waals surface area contributed by atoms with Crippen LogP contribution in [0.4, 0.5) is 0 Å². The molecule has 0 radical (unpaired) electrons. The van der Waals surface area contributed by atoms with Gasteiger partial charge in [-0.2, -0.15) is 5.26 Å². The normalized spacial score (nSPS) is 15.3. The monoisotopic (exact) mass is 404 g/mol. The molecule has 4 rings (SSSR count). The van der Waals surface area contributed by atoms with E-state index in [1.165, 1.54) is 16.7 Å². The number of nitrogens with zero attached hydrogens (tertiary/aromatic N) is 2. The molecule has 0 amide bonds. The first-order valence-electron chi connectivity index (χ1n) is 9.83. The van der Waals surface area contributed by atoms with Crippen LogP contribution in [0.5, 0.6) is 5.75 Å². The van der Waals surface area contributed by atoms with Crippen LogP contribution in [0.2, 0.25) is 0 Å². The Hall–Kier alpha value is -2.72. The molecule has 1 aliphatic rings. The van der Waals surface area contributed by atoms with Crippen molar-refractivity contribution < 1.29 is 4.74 Å². The molecule has 6 heteroatoms. The molecule has 3 aromatic rings. The number of thiazole rings is 1. The van der Waals surface area contributed by atoms with Crippen LogP contribution in [0.3, 0.4) is 0 Å². The van der Waals surface area contributed by atoms with Crippen molar-refractivity contribution in [1.29, 1.82) is 5.26 Å². The highest BCUT2D eigenvalue weighted by atomic mass is 32.1. The fourth-order valence-corrected chi connectivity index (χ4v) is 4.84. The van der Waals surface area contributed by atoms with Crippen molar-refractivity contribution >= 4 is 11.3 Å². The highest BCUT2D eigenvalue weighted by Crippen LogP contribution is 2.41. The number of fused-ring (bicyclic) bond motifs is 1. The summed E-state index contributed by atoms with van der Waals surface area (Å²) in [6.07, 6.45) is 4.06. The topological polar surface area (TPSA) is 84.0 Å². The second-order valence-corrected chi connectivity index (χ2v) is 8.42. The van der Waals surface area contributed by atoms with E-state index in [4.69, 9.17) is 10.5 Å².